The molecule has 1 heteroatoms. The Morgan fingerprint density at radius 3 is 0.667 bits per heavy atom. The third-order valence-corrected chi connectivity index (χ3v) is 20.0. The summed E-state index contributed by atoms with van der Waals surface area (Å²) in [6.45, 7) is 15.8. The van der Waals surface area contributed by atoms with Crippen LogP contribution in [0.1, 0.15) is 22.3 Å². The monoisotopic (exact) mass is 532 g/mol. The van der Waals surface area contributed by atoms with Gasteiger partial charge in [-0.15, -0.1) is 0 Å². The first-order valence-electron chi connectivity index (χ1n) is 11.1. The summed E-state index contributed by atoms with van der Waals surface area (Å²) in [6.07, 6.45) is 7.60. The van der Waals surface area contributed by atoms with E-state index in [1.165, 1.54) is 14.3 Å². The average Bonchev–Trinajstić information content (AvgIpc) is 2.90. The van der Waals surface area contributed by atoms with Crippen LogP contribution in [-0.2, 0) is 0 Å². The molecule has 0 atom stereocenters. The molecule has 0 bridgehead atoms. The van der Waals surface area contributed by atoms with Gasteiger partial charge < -0.3 is 0 Å². The van der Waals surface area contributed by atoms with Crippen LogP contribution in [0.15, 0.2) is 123 Å². The van der Waals surface area contributed by atoms with Gasteiger partial charge in [-0.25, -0.2) is 0 Å². The van der Waals surface area contributed by atoms with Gasteiger partial charge in [0.25, 0.3) is 0 Å². The van der Waals surface area contributed by atoms with Crippen molar-refractivity contribution in [2.24, 2.45) is 0 Å². The molecule has 4 aromatic rings. The quantitative estimate of drug-likeness (QED) is 0.259. The molecule has 0 spiro atoms. The van der Waals surface area contributed by atoms with Crippen molar-refractivity contribution in [1.82, 2.24) is 0 Å². The zero-order valence-corrected chi connectivity index (χ0v) is 21.7. The Bertz CT molecular complexity index is 1060. The topological polar surface area (TPSA) is 0 Å². The first kappa shape index (κ1) is 22.8. The van der Waals surface area contributed by atoms with E-state index in [2.05, 4.69) is 123 Å². The van der Waals surface area contributed by atoms with E-state index in [1.54, 1.807) is 0 Å². The third-order valence-electron chi connectivity index (χ3n) is 6.32. The zero-order chi connectivity index (χ0) is 23.3. The van der Waals surface area contributed by atoms with E-state index in [4.69, 9.17) is 0 Å². The van der Waals surface area contributed by atoms with Crippen LogP contribution < -0.4 is 14.3 Å². The molecule has 0 radical (unpaired) electrons. The van der Waals surface area contributed by atoms with Crippen LogP contribution in [0.4, 0.5) is 0 Å². The first-order chi connectivity index (χ1) is 16.1. The molecule has 4 aromatic carbocycles. The molecule has 0 saturated carbocycles. The van der Waals surface area contributed by atoms with Gasteiger partial charge in [0.05, 0.1) is 0 Å². The van der Waals surface area contributed by atoms with Crippen LogP contribution in [-0.4, -0.2) is 18.4 Å². The van der Waals surface area contributed by atoms with Crippen LogP contribution in [0.3, 0.4) is 0 Å². The van der Waals surface area contributed by atoms with Gasteiger partial charge in [0.15, 0.2) is 0 Å². The van der Waals surface area contributed by atoms with Gasteiger partial charge in [-0.1, -0.05) is 0 Å². The molecule has 0 aliphatic rings. The molecule has 0 unspecified atom stereocenters. The van der Waals surface area contributed by atoms with Gasteiger partial charge in [-0.2, -0.15) is 0 Å². The molecular formula is C32H28Sn. The van der Waals surface area contributed by atoms with E-state index in [-0.39, 0.29) is 0 Å². The molecule has 33 heavy (non-hydrogen) atoms. The Morgan fingerprint density at radius 1 is 0.333 bits per heavy atom. The predicted molar refractivity (Wildman–Crippen MR) is 150 cm³/mol. The molecule has 0 nitrogen and oxygen atoms in total. The van der Waals surface area contributed by atoms with Gasteiger partial charge in [-0.3, -0.25) is 0 Å². The Labute approximate surface area is 201 Å². The number of benzene rings is 4. The Kier molecular flexibility index (Phi) is 6.95. The number of hydrogen-bond donors (Lipinski definition) is 0. The van der Waals surface area contributed by atoms with E-state index >= 15 is 0 Å². The molecule has 0 aromatic heterocycles. The van der Waals surface area contributed by atoms with Crippen molar-refractivity contribution < 1.29 is 0 Å². The van der Waals surface area contributed by atoms with Crippen molar-refractivity contribution in [2.75, 3.05) is 0 Å². The van der Waals surface area contributed by atoms with E-state index in [0.717, 1.165) is 22.3 Å². The van der Waals surface area contributed by atoms with Crippen LogP contribution >= 0.6 is 0 Å². The Hall–Kier alpha value is -3.36. The minimum atomic E-state index is -3.64. The maximum atomic E-state index is 3.94. The second-order valence-corrected chi connectivity index (χ2v) is 18.9. The standard InChI is InChI=1S/4C8H7.Sn/c4*1-2-8-6-4-3-5-7-8;/h4*2,4-7H,1H2;. The van der Waals surface area contributed by atoms with Crippen molar-refractivity contribution >= 4 is 57.0 Å². The molecule has 0 saturated heterocycles. The predicted octanol–water partition coefficient (Wildman–Crippen LogP) is 5.64. The second-order valence-electron chi connectivity index (χ2n) is 8.05. The summed E-state index contributed by atoms with van der Waals surface area (Å²) >= 11 is -3.64. The number of rotatable bonds is 8. The fourth-order valence-corrected chi connectivity index (χ4v) is 17.8. The SMILES string of the molecule is C=Cc1cc[c]([Sn]([c]2ccc(C=C)cc2)([c]2ccc(C=C)cc2)[c]2ccc(C=C)cc2)cc1. The van der Waals surface area contributed by atoms with Crippen LogP contribution in [0.2, 0.25) is 0 Å². The van der Waals surface area contributed by atoms with Gasteiger partial charge in [0, 0.05) is 0 Å². The fraction of sp³-hybridized carbons (Fsp3) is 0. The van der Waals surface area contributed by atoms with Crippen molar-refractivity contribution in [3.8, 4) is 0 Å². The maximum absolute atomic E-state index is 3.94. The van der Waals surface area contributed by atoms with Crippen molar-refractivity contribution in [2.45, 2.75) is 0 Å². The molecule has 0 fully saturated rings. The van der Waals surface area contributed by atoms with E-state index in [0.29, 0.717) is 0 Å². The zero-order valence-electron chi connectivity index (χ0n) is 18.9. The van der Waals surface area contributed by atoms with E-state index in [9.17, 15) is 0 Å². The average molecular weight is 531 g/mol. The van der Waals surface area contributed by atoms with E-state index < -0.39 is 18.4 Å². The summed E-state index contributed by atoms with van der Waals surface area (Å²) in [4.78, 5) is 0. The van der Waals surface area contributed by atoms with E-state index in [1.807, 2.05) is 24.3 Å². The molecule has 0 N–H and O–H groups in total. The van der Waals surface area contributed by atoms with Crippen molar-refractivity contribution in [3.63, 3.8) is 0 Å². The molecule has 0 aliphatic heterocycles. The summed E-state index contributed by atoms with van der Waals surface area (Å²) in [7, 11) is 0. The molecule has 160 valence electrons. The summed E-state index contributed by atoms with van der Waals surface area (Å²) < 4.78 is 5.61. The van der Waals surface area contributed by atoms with Gasteiger partial charge in [0.2, 0.25) is 0 Å². The van der Waals surface area contributed by atoms with Crippen molar-refractivity contribution in [3.05, 3.63) is 146 Å². The third kappa shape index (κ3) is 4.31. The summed E-state index contributed by atoms with van der Waals surface area (Å²) in [5.41, 5.74) is 4.52. The summed E-state index contributed by atoms with van der Waals surface area (Å²) in [5, 5.41) is 0. The molecular weight excluding hydrogens is 503 g/mol. The Balaban J connectivity index is 2.09. The minimum absolute atomic E-state index is 1.13. The fourth-order valence-electron chi connectivity index (χ4n) is 4.48. The Morgan fingerprint density at radius 2 is 0.515 bits per heavy atom. The molecule has 0 aliphatic carbocycles. The summed E-state index contributed by atoms with van der Waals surface area (Å²) in [5.74, 6) is 0. The molecule has 4 rings (SSSR count). The van der Waals surface area contributed by atoms with Gasteiger partial charge >= 0.3 is 203 Å². The second kappa shape index (κ2) is 10.1. The van der Waals surface area contributed by atoms with Gasteiger partial charge in [0.1, 0.15) is 0 Å². The summed E-state index contributed by atoms with van der Waals surface area (Å²) in [6, 6.07) is 35.9. The van der Waals surface area contributed by atoms with Crippen LogP contribution in [0.25, 0.3) is 24.3 Å². The molecule has 0 amide bonds. The molecule has 0 heterocycles. The van der Waals surface area contributed by atoms with Crippen LogP contribution in [0.5, 0.6) is 0 Å². The normalized spacial score (nSPS) is 10.9. The van der Waals surface area contributed by atoms with Gasteiger partial charge in [-0.05, 0) is 0 Å². The van der Waals surface area contributed by atoms with Crippen molar-refractivity contribution in [1.29, 1.82) is 0 Å². The number of hydrogen-bond acceptors (Lipinski definition) is 0. The first-order valence-corrected chi connectivity index (χ1v) is 16.8. The van der Waals surface area contributed by atoms with Crippen LogP contribution in [0, 0.1) is 0 Å².